The summed E-state index contributed by atoms with van der Waals surface area (Å²) in [7, 11) is 0. The van der Waals surface area contributed by atoms with Gasteiger partial charge in [0, 0.05) is 47.9 Å². The third-order valence-corrected chi connectivity index (χ3v) is 7.71. The van der Waals surface area contributed by atoms with Crippen molar-refractivity contribution in [1.82, 2.24) is 15.1 Å². The summed E-state index contributed by atoms with van der Waals surface area (Å²) in [5, 5.41) is 16.8. The molecule has 3 aromatic carbocycles. The van der Waals surface area contributed by atoms with Gasteiger partial charge in [0.05, 0.1) is 4.92 Å². The van der Waals surface area contributed by atoms with Gasteiger partial charge >= 0.3 is 12.2 Å². The van der Waals surface area contributed by atoms with Crippen LogP contribution < -0.4 is 15.4 Å². The van der Waals surface area contributed by atoms with Gasteiger partial charge in [-0.15, -0.1) is 0 Å². The van der Waals surface area contributed by atoms with E-state index in [0.29, 0.717) is 21.8 Å². The molecule has 2 N–H and O–H groups in total. The molecule has 14 nitrogen and oxygen atoms in total. The largest absolute Gasteiger partial charge is 0.515 e. The highest BCUT2D eigenvalue weighted by Gasteiger charge is 2.43. The zero-order valence-electron chi connectivity index (χ0n) is 23.8. The van der Waals surface area contributed by atoms with Crippen LogP contribution in [0, 0.1) is 17.0 Å². The predicted molar refractivity (Wildman–Crippen MR) is 158 cm³/mol. The van der Waals surface area contributed by atoms with Crippen molar-refractivity contribution in [2.24, 2.45) is 0 Å². The van der Waals surface area contributed by atoms with Crippen LogP contribution in [-0.2, 0) is 27.4 Å². The molecule has 0 spiro atoms. The summed E-state index contributed by atoms with van der Waals surface area (Å²) in [6.45, 7) is 1.40. The number of hydrogen-bond donors (Lipinski definition) is 2. The summed E-state index contributed by atoms with van der Waals surface area (Å²) >= 11 is 6.11. The van der Waals surface area contributed by atoms with E-state index in [1.807, 2.05) is 6.92 Å². The first-order valence-electron chi connectivity index (χ1n) is 13.7. The fourth-order valence-corrected chi connectivity index (χ4v) is 5.09. The molecule has 15 heteroatoms. The maximum atomic E-state index is 13.3. The van der Waals surface area contributed by atoms with Gasteiger partial charge in [-0.25, -0.2) is 14.5 Å². The fraction of sp³-hybridized carbons (Fsp3) is 0.233. The first kappa shape index (κ1) is 30.9. The normalized spacial score (nSPS) is 15.9. The number of nitro groups is 1. The van der Waals surface area contributed by atoms with Crippen LogP contribution in [0.4, 0.5) is 21.0 Å². The van der Waals surface area contributed by atoms with E-state index in [2.05, 4.69) is 10.6 Å². The molecular weight excluding hydrogens is 610 g/mol. The van der Waals surface area contributed by atoms with Gasteiger partial charge in [0.15, 0.2) is 6.73 Å². The van der Waals surface area contributed by atoms with E-state index in [9.17, 15) is 34.1 Å². The number of carbonyl (C=O) groups excluding carboxylic acids is 5. The fourth-order valence-electron chi connectivity index (χ4n) is 4.91. The second kappa shape index (κ2) is 13.0. The Hall–Kier alpha value is -5.50. The molecule has 0 saturated carbocycles. The van der Waals surface area contributed by atoms with Crippen molar-refractivity contribution < 1.29 is 38.4 Å². The van der Waals surface area contributed by atoms with Crippen molar-refractivity contribution in [2.45, 2.75) is 38.9 Å². The summed E-state index contributed by atoms with van der Waals surface area (Å²) in [6, 6.07) is 13.5. The standard InChI is InChI=1S/C30H26ClN5O9/c1-17-2-4-20(13-24(17)31)33-29(40)32-14-18-3-9-23-19(12-18)15-34(27(23)38)25-10-11-26(37)35(28(25)39)16-44-30(41)45-22-7-5-21(6-8-22)36(42)43/h2-9,12-13,25H,10-11,14-16H2,1H3,(H2,32,33,40). The van der Waals surface area contributed by atoms with E-state index in [4.69, 9.17) is 21.1 Å². The van der Waals surface area contributed by atoms with Gasteiger partial charge < -0.3 is 25.0 Å². The minimum atomic E-state index is -1.23. The topological polar surface area (TPSA) is 177 Å². The van der Waals surface area contributed by atoms with Crippen molar-refractivity contribution in [2.75, 3.05) is 12.0 Å². The Morgan fingerprint density at radius 1 is 1.07 bits per heavy atom. The average molecular weight is 636 g/mol. The van der Waals surface area contributed by atoms with E-state index in [0.717, 1.165) is 28.2 Å². The highest BCUT2D eigenvalue weighted by atomic mass is 35.5. The Labute approximate surface area is 261 Å². The molecule has 5 rings (SSSR count). The van der Waals surface area contributed by atoms with Gasteiger partial charge in [-0.3, -0.25) is 24.5 Å². The first-order valence-corrected chi connectivity index (χ1v) is 14.0. The molecule has 0 aliphatic carbocycles. The number of imide groups is 1. The number of rotatable bonds is 8. The molecule has 1 saturated heterocycles. The van der Waals surface area contributed by atoms with E-state index >= 15 is 0 Å². The lowest BCUT2D eigenvalue weighted by Crippen LogP contribution is -2.55. The summed E-state index contributed by atoms with van der Waals surface area (Å²) < 4.78 is 9.90. The Kier molecular flexibility index (Phi) is 8.95. The lowest BCUT2D eigenvalue weighted by Gasteiger charge is -2.34. The number of ether oxygens (including phenoxy) is 2. The smallest absolute Gasteiger partial charge is 0.412 e. The molecule has 1 atom stereocenters. The van der Waals surface area contributed by atoms with E-state index in [1.54, 1.807) is 36.4 Å². The van der Waals surface area contributed by atoms with Gasteiger partial charge in [0.25, 0.3) is 17.5 Å². The molecular formula is C30H26ClN5O9. The van der Waals surface area contributed by atoms with Crippen molar-refractivity contribution in [3.05, 3.63) is 98.1 Å². The third-order valence-electron chi connectivity index (χ3n) is 7.30. The van der Waals surface area contributed by atoms with Gasteiger partial charge in [-0.1, -0.05) is 29.8 Å². The zero-order valence-corrected chi connectivity index (χ0v) is 24.5. The zero-order chi connectivity index (χ0) is 32.2. The molecule has 0 aromatic heterocycles. The number of piperidine rings is 1. The lowest BCUT2D eigenvalue weighted by atomic mass is 10.0. The van der Waals surface area contributed by atoms with Gasteiger partial charge in [-0.2, -0.15) is 0 Å². The van der Waals surface area contributed by atoms with Crippen LogP contribution in [0.5, 0.6) is 5.75 Å². The number of halogens is 1. The Balaban J connectivity index is 1.16. The molecule has 5 amide bonds. The van der Waals surface area contributed by atoms with E-state index in [1.165, 1.54) is 17.0 Å². The lowest BCUT2D eigenvalue weighted by molar-refractivity contribution is -0.384. The highest BCUT2D eigenvalue weighted by Crippen LogP contribution is 2.30. The maximum absolute atomic E-state index is 13.3. The van der Waals surface area contributed by atoms with Crippen LogP contribution in [0.25, 0.3) is 0 Å². The van der Waals surface area contributed by atoms with Crippen LogP contribution >= 0.6 is 11.6 Å². The van der Waals surface area contributed by atoms with Crippen molar-refractivity contribution in [3.63, 3.8) is 0 Å². The number of hydrogen-bond acceptors (Lipinski definition) is 9. The highest BCUT2D eigenvalue weighted by molar-refractivity contribution is 6.31. The molecule has 3 aromatic rings. The van der Waals surface area contributed by atoms with Crippen LogP contribution in [0.15, 0.2) is 60.7 Å². The maximum Gasteiger partial charge on any atom is 0.515 e. The van der Waals surface area contributed by atoms with E-state index < -0.39 is 41.7 Å². The Bertz CT molecular complexity index is 1710. The molecule has 1 fully saturated rings. The molecule has 45 heavy (non-hydrogen) atoms. The number of nitro benzene ring substituents is 1. The summed E-state index contributed by atoms with van der Waals surface area (Å²) in [6.07, 6.45) is -1.19. The SMILES string of the molecule is Cc1ccc(NC(=O)NCc2ccc3c(c2)CN(C2CCC(=O)N(COC(=O)Oc4ccc([N+](=O)[O-])cc4)C2=O)C3=O)cc1Cl. The van der Waals surface area contributed by atoms with Crippen molar-refractivity contribution >= 4 is 52.9 Å². The van der Waals surface area contributed by atoms with Gasteiger partial charge in [0.2, 0.25) is 5.91 Å². The number of anilines is 1. The minimum Gasteiger partial charge on any atom is -0.412 e. The predicted octanol–water partition coefficient (Wildman–Crippen LogP) is 4.52. The van der Waals surface area contributed by atoms with Crippen molar-refractivity contribution in [1.29, 1.82) is 0 Å². The Morgan fingerprint density at radius 2 is 1.82 bits per heavy atom. The Morgan fingerprint density at radius 3 is 2.53 bits per heavy atom. The number of nitrogens with zero attached hydrogens (tertiary/aromatic N) is 3. The summed E-state index contributed by atoms with van der Waals surface area (Å²) in [5.74, 6) is -1.70. The number of amides is 5. The number of aryl methyl sites for hydroxylation is 1. The van der Waals surface area contributed by atoms with Crippen LogP contribution in [0.1, 0.15) is 39.9 Å². The number of non-ortho nitro benzene ring substituents is 1. The quantitative estimate of drug-likeness (QED) is 0.118. The van der Waals surface area contributed by atoms with Crippen LogP contribution in [0.3, 0.4) is 0 Å². The minimum absolute atomic E-state index is 0.0356. The van der Waals surface area contributed by atoms with Crippen LogP contribution in [-0.4, -0.2) is 57.4 Å². The molecule has 2 aliphatic heterocycles. The molecule has 2 heterocycles. The number of fused-ring (bicyclic) bond motifs is 1. The number of nitrogens with one attached hydrogen (secondary N) is 2. The molecule has 0 bridgehead atoms. The van der Waals surface area contributed by atoms with E-state index in [-0.39, 0.29) is 43.3 Å². The number of urea groups is 1. The molecule has 232 valence electrons. The van der Waals surface area contributed by atoms with Crippen LogP contribution in [0.2, 0.25) is 5.02 Å². The van der Waals surface area contributed by atoms with Gasteiger partial charge in [0.1, 0.15) is 11.8 Å². The average Bonchev–Trinajstić information content (AvgIpc) is 3.33. The van der Waals surface area contributed by atoms with Gasteiger partial charge in [-0.05, 0) is 60.4 Å². The second-order valence-corrected chi connectivity index (χ2v) is 10.7. The molecule has 0 radical (unpaired) electrons. The summed E-state index contributed by atoms with van der Waals surface area (Å²) in [5.41, 5.74) is 3.00. The number of carbonyl (C=O) groups is 5. The second-order valence-electron chi connectivity index (χ2n) is 10.3. The first-order chi connectivity index (χ1) is 21.5. The molecule has 1 unspecified atom stereocenters. The van der Waals surface area contributed by atoms with Crippen molar-refractivity contribution in [3.8, 4) is 5.75 Å². The summed E-state index contributed by atoms with van der Waals surface area (Å²) in [4.78, 5) is 75.8. The number of likely N-dealkylation sites (tertiary alicyclic amines) is 1. The molecule has 2 aliphatic rings. The third kappa shape index (κ3) is 7.02. The monoisotopic (exact) mass is 635 g/mol. The number of benzene rings is 3.